The van der Waals surface area contributed by atoms with E-state index in [1.807, 2.05) is 24.0 Å². The Kier molecular flexibility index (Phi) is 11.4. The molecular formula is C17H28Cl2N4O2. The lowest BCUT2D eigenvalue weighted by Gasteiger charge is -2.37. The second-order valence-electron chi connectivity index (χ2n) is 6.03. The number of aromatic nitrogens is 1. The van der Waals surface area contributed by atoms with Gasteiger partial charge in [0.2, 0.25) is 11.8 Å². The number of pyridine rings is 1. The first-order chi connectivity index (χ1) is 11.1. The summed E-state index contributed by atoms with van der Waals surface area (Å²) < 4.78 is 0. The van der Waals surface area contributed by atoms with Crippen molar-refractivity contribution in [2.24, 2.45) is 5.73 Å². The summed E-state index contributed by atoms with van der Waals surface area (Å²) in [5.41, 5.74) is 6.31. The zero-order chi connectivity index (χ0) is 16.7. The standard InChI is InChI=1S/C17H26N4O2.2ClH/c1-13(14-5-4-9-19-11-14)17(23)21-10-3-2-6-15(21)12-20-16(22)7-8-18;;/h4-5,9,11,13,15H,2-3,6-8,10,12,18H2,1H3,(H,20,22);2*1H. The summed E-state index contributed by atoms with van der Waals surface area (Å²) >= 11 is 0. The third-order valence-electron chi connectivity index (χ3n) is 4.37. The predicted octanol–water partition coefficient (Wildman–Crippen LogP) is 1.87. The Bertz CT molecular complexity index is 531. The van der Waals surface area contributed by atoms with E-state index in [9.17, 15) is 9.59 Å². The minimum Gasteiger partial charge on any atom is -0.354 e. The van der Waals surface area contributed by atoms with E-state index in [1.165, 1.54) is 0 Å². The van der Waals surface area contributed by atoms with Crippen molar-refractivity contribution in [2.75, 3.05) is 19.6 Å². The molecule has 1 fully saturated rings. The number of amides is 2. The van der Waals surface area contributed by atoms with E-state index in [0.717, 1.165) is 31.4 Å². The number of halogens is 2. The van der Waals surface area contributed by atoms with Gasteiger partial charge in [0, 0.05) is 44.5 Å². The Morgan fingerprint density at radius 1 is 1.40 bits per heavy atom. The molecule has 1 aliphatic rings. The Labute approximate surface area is 161 Å². The van der Waals surface area contributed by atoms with Crippen LogP contribution in [0.4, 0.5) is 0 Å². The van der Waals surface area contributed by atoms with Crippen molar-refractivity contribution in [3.63, 3.8) is 0 Å². The number of nitrogens with two attached hydrogens (primary N) is 1. The van der Waals surface area contributed by atoms with Gasteiger partial charge >= 0.3 is 0 Å². The highest BCUT2D eigenvalue weighted by atomic mass is 35.5. The van der Waals surface area contributed by atoms with Crippen LogP contribution in [0, 0.1) is 0 Å². The zero-order valence-corrected chi connectivity index (χ0v) is 16.2. The number of carbonyl (C=O) groups excluding carboxylic acids is 2. The number of hydrogen-bond donors (Lipinski definition) is 2. The zero-order valence-electron chi connectivity index (χ0n) is 14.5. The number of nitrogens with zero attached hydrogens (tertiary/aromatic N) is 2. The molecule has 2 unspecified atom stereocenters. The average molecular weight is 391 g/mol. The van der Waals surface area contributed by atoms with Crippen molar-refractivity contribution >= 4 is 36.6 Å². The van der Waals surface area contributed by atoms with Crippen molar-refractivity contribution in [3.8, 4) is 0 Å². The fourth-order valence-electron chi connectivity index (χ4n) is 2.98. The number of piperidine rings is 1. The van der Waals surface area contributed by atoms with Crippen molar-refractivity contribution in [3.05, 3.63) is 30.1 Å². The summed E-state index contributed by atoms with van der Waals surface area (Å²) in [5.74, 6) is -0.161. The van der Waals surface area contributed by atoms with E-state index in [0.29, 0.717) is 19.5 Å². The first kappa shape index (κ1) is 23.6. The third kappa shape index (κ3) is 6.80. The number of rotatable bonds is 6. The van der Waals surface area contributed by atoms with Gasteiger partial charge in [-0.15, -0.1) is 24.8 Å². The SMILES string of the molecule is CC(C(=O)N1CCCCC1CNC(=O)CCN)c1cccnc1.Cl.Cl. The van der Waals surface area contributed by atoms with E-state index in [-0.39, 0.29) is 48.6 Å². The van der Waals surface area contributed by atoms with Crippen LogP contribution in [0.2, 0.25) is 0 Å². The molecule has 2 heterocycles. The van der Waals surface area contributed by atoms with Crippen LogP contribution in [-0.2, 0) is 9.59 Å². The lowest BCUT2D eigenvalue weighted by molar-refractivity contribution is -0.136. The summed E-state index contributed by atoms with van der Waals surface area (Å²) in [4.78, 5) is 30.5. The molecule has 0 radical (unpaired) electrons. The molecule has 0 bridgehead atoms. The molecule has 3 N–H and O–H groups in total. The van der Waals surface area contributed by atoms with Gasteiger partial charge in [-0.2, -0.15) is 0 Å². The summed E-state index contributed by atoms with van der Waals surface area (Å²) in [5, 5.41) is 2.89. The van der Waals surface area contributed by atoms with Gasteiger partial charge in [0.25, 0.3) is 0 Å². The maximum Gasteiger partial charge on any atom is 0.230 e. The van der Waals surface area contributed by atoms with Crippen LogP contribution in [0.5, 0.6) is 0 Å². The Morgan fingerprint density at radius 3 is 2.80 bits per heavy atom. The molecular weight excluding hydrogens is 363 g/mol. The summed E-state index contributed by atoms with van der Waals surface area (Å²) in [6.45, 7) is 3.51. The second-order valence-corrected chi connectivity index (χ2v) is 6.03. The number of nitrogens with one attached hydrogen (secondary N) is 1. The maximum atomic E-state index is 12.8. The predicted molar refractivity (Wildman–Crippen MR) is 103 cm³/mol. The van der Waals surface area contributed by atoms with Gasteiger partial charge in [-0.3, -0.25) is 14.6 Å². The maximum absolute atomic E-state index is 12.8. The average Bonchev–Trinajstić information content (AvgIpc) is 2.60. The van der Waals surface area contributed by atoms with Crippen molar-refractivity contribution in [1.29, 1.82) is 0 Å². The molecule has 2 amide bonds. The molecule has 6 nitrogen and oxygen atoms in total. The lowest BCUT2D eigenvalue weighted by atomic mass is 9.96. The van der Waals surface area contributed by atoms with Gasteiger partial charge in [-0.1, -0.05) is 6.07 Å². The molecule has 2 atom stereocenters. The molecule has 1 aromatic rings. The van der Waals surface area contributed by atoms with Crippen LogP contribution >= 0.6 is 24.8 Å². The summed E-state index contributed by atoms with van der Waals surface area (Å²) in [7, 11) is 0. The van der Waals surface area contributed by atoms with Crippen LogP contribution in [0.3, 0.4) is 0 Å². The van der Waals surface area contributed by atoms with Crippen molar-refractivity contribution in [1.82, 2.24) is 15.2 Å². The number of hydrogen-bond acceptors (Lipinski definition) is 4. The van der Waals surface area contributed by atoms with Gasteiger partial charge in [0.15, 0.2) is 0 Å². The van der Waals surface area contributed by atoms with Gasteiger partial charge in [-0.05, 0) is 37.8 Å². The second kappa shape index (κ2) is 12.1. The van der Waals surface area contributed by atoms with Gasteiger partial charge in [0.1, 0.15) is 0 Å². The van der Waals surface area contributed by atoms with Crippen molar-refractivity contribution in [2.45, 2.75) is 44.6 Å². The summed E-state index contributed by atoms with van der Waals surface area (Å²) in [6.07, 6.45) is 6.80. The van der Waals surface area contributed by atoms with Crippen LogP contribution in [0.1, 0.15) is 44.1 Å². The van der Waals surface area contributed by atoms with E-state index in [4.69, 9.17) is 5.73 Å². The highest BCUT2D eigenvalue weighted by Gasteiger charge is 2.30. The molecule has 0 aromatic carbocycles. The molecule has 8 heteroatoms. The molecule has 0 aliphatic carbocycles. The monoisotopic (exact) mass is 390 g/mol. The molecule has 1 aliphatic heterocycles. The molecule has 0 spiro atoms. The van der Waals surface area contributed by atoms with Gasteiger partial charge in [0.05, 0.1) is 5.92 Å². The normalized spacial score (nSPS) is 17.7. The Balaban J connectivity index is 0.00000288. The first-order valence-electron chi connectivity index (χ1n) is 8.30. The van der Waals surface area contributed by atoms with E-state index in [2.05, 4.69) is 10.3 Å². The first-order valence-corrected chi connectivity index (χ1v) is 8.30. The van der Waals surface area contributed by atoms with Gasteiger partial charge in [-0.25, -0.2) is 0 Å². The number of likely N-dealkylation sites (tertiary alicyclic amines) is 1. The molecule has 25 heavy (non-hydrogen) atoms. The fraction of sp³-hybridized carbons (Fsp3) is 0.588. The highest BCUT2D eigenvalue weighted by Crippen LogP contribution is 2.23. The minimum atomic E-state index is -0.218. The van der Waals surface area contributed by atoms with E-state index >= 15 is 0 Å². The lowest BCUT2D eigenvalue weighted by Crippen LogP contribution is -2.50. The van der Waals surface area contributed by atoms with E-state index < -0.39 is 0 Å². The fourth-order valence-corrected chi connectivity index (χ4v) is 2.98. The third-order valence-corrected chi connectivity index (χ3v) is 4.37. The van der Waals surface area contributed by atoms with E-state index in [1.54, 1.807) is 12.4 Å². The number of carbonyl (C=O) groups is 2. The molecule has 1 aromatic heterocycles. The highest BCUT2D eigenvalue weighted by molar-refractivity contribution is 5.85. The molecule has 2 rings (SSSR count). The van der Waals surface area contributed by atoms with Crippen molar-refractivity contribution < 1.29 is 9.59 Å². The van der Waals surface area contributed by atoms with Crippen LogP contribution in [0.25, 0.3) is 0 Å². The van der Waals surface area contributed by atoms with Gasteiger partial charge < -0.3 is 16.0 Å². The topological polar surface area (TPSA) is 88.3 Å². The van der Waals surface area contributed by atoms with Crippen LogP contribution in [0.15, 0.2) is 24.5 Å². The smallest absolute Gasteiger partial charge is 0.230 e. The molecule has 142 valence electrons. The minimum absolute atomic E-state index is 0. The summed E-state index contributed by atoms with van der Waals surface area (Å²) in [6, 6.07) is 3.84. The quantitative estimate of drug-likeness (QED) is 0.775. The Hall–Kier alpha value is -1.37. The molecule has 1 saturated heterocycles. The largest absolute Gasteiger partial charge is 0.354 e. The van der Waals surface area contributed by atoms with Crippen LogP contribution < -0.4 is 11.1 Å². The van der Waals surface area contributed by atoms with Crippen LogP contribution in [-0.4, -0.2) is 47.4 Å². The molecule has 0 saturated carbocycles. The Morgan fingerprint density at radius 2 is 2.16 bits per heavy atom.